The Morgan fingerprint density at radius 2 is 1.88 bits per heavy atom. The third-order valence-corrected chi connectivity index (χ3v) is 5.80. The van der Waals surface area contributed by atoms with Crippen LogP contribution in [0.4, 0.5) is 4.39 Å². The summed E-state index contributed by atoms with van der Waals surface area (Å²) in [6.45, 7) is 10.6. The van der Waals surface area contributed by atoms with Gasteiger partial charge >= 0.3 is 0 Å². The maximum atomic E-state index is 13.6. The van der Waals surface area contributed by atoms with Gasteiger partial charge in [-0.05, 0) is 45.9 Å². The molecular weight excluding hydrogens is 353 g/mol. The summed E-state index contributed by atoms with van der Waals surface area (Å²) >= 11 is 6.04. The standard InChI is InChI=1S/C20H31ClFN3O/c1-15(2)24-10-12-25(13-11-24)19(26)9-8-16(3)23(4)14-17-6-5-7-18(22)20(17)21/h5-7,15-16H,8-14H2,1-4H3/t16-/m0/s1. The van der Waals surface area contributed by atoms with Crippen molar-refractivity contribution in [2.24, 2.45) is 0 Å². The number of carbonyl (C=O) groups is 1. The van der Waals surface area contributed by atoms with E-state index in [0.29, 0.717) is 19.0 Å². The molecule has 0 radical (unpaired) electrons. The van der Waals surface area contributed by atoms with Crippen molar-refractivity contribution >= 4 is 17.5 Å². The van der Waals surface area contributed by atoms with Crippen LogP contribution in [0.15, 0.2) is 18.2 Å². The number of piperazine rings is 1. The van der Waals surface area contributed by atoms with Crippen LogP contribution < -0.4 is 0 Å². The van der Waals surface area contributed by atoms with E-state index in [2.05, 4.69) is 30.6 Å². The SMILES string of the molecule is CC(C)N1CCN(C(=O)CC[C@H](C)N(C)Cc2cccc(F)c2Cl)CC1. The lowest BCUT2D eigenvalue weighted by Crippen LogP contribution is -2.50. The Balaban J connectivity index is 1.78. The van der Waals surface area contributed by atoms with Crippen molar-refractivity contribution in [3.05, 3.63) is 34.6 Å². The molecule has 1 aromatic carbocycles. The van der Waals surface area contributed by atoms with Crippen LogP contribution in [0.3, 0.4) is 0 Å². The van der Waals surface area contributed by atoms with E-state index in [-0.39, 0.29) is 22.8 Å². The topological polar surface area (TPSA) is 26.8 Å². The molecule has 1 amide bonds. The second-order valence-electron chi connectivity index (χ2n) is 7.53. The smallest absolute Gasteiger partial charge is 0.222 e. The van der Waals surface area contributed by atoms with Crippen molar-refractivity contribution in [3.63, 3.8) is 0 Å². The van der Waals surface area contributed by atoms with Gasteiger partial charge in [-0.1, -0.05) is 23.7 Å². The van der Waals surface area contributed by atoms with Gasteiger partial charge in [0.2, 0.25) is 5.91 Å². The first kappa shape index (κ1) is 21.1. The third kappa shape index (κ3) is 5.66. The Morgan fingerprint density at radius 1 is 1.23 bits per heavy atom. The number of amides is 1. The van der Waals surface area contributed by atoms with Crippen molar-refractivity contribution in [1.82, 2.24) is 14.7 Å². The van der Waals surface area contributed by atoms with E-state index < -0.39 is 0 Å². The first-order chi connectivity index (χ1) is 12.3. The highest BCUT2D eigenvalue weighted by Gasteiger charge is 2.23. The Kier molecular flexibility index (Phi) is 7.86. The summed E-state index contributed by atoms with van der Waals surface area (Å²) in [5.74, 6) is -0.154. The maximum Gasteiger partial charge on any atom is 0.222 e. The zero-order chi connectivity index (χ0) is 19.3. The van der Waals surface area contributed by atoms with E-state index in [1.807, 2.05) is 18.0 Å². The predicted molar refractivity (Wildman–Crippen MR) is 105 cm³/mol. The Bertz CT molecular complexity index is 603. The molecule has 1 atom stereocenters. The lowest BCUT2D eigenvalue weighted by molar-refractivity contribution is -0.133. The third-order valence-electron chi connectivity index (χ3n) is 5.38. The van der Waals surface area contributed by atoms with Crippen LogP contribution in [-0.2, 0) is 11.3 Å². The van der Waals surface area contributed by atoms with Crippen LogP contribution in [0.2, 0.25) is 5.02 Å². The molecule has 0 saturated carbocycles. The van der Waals surface area contributed by atoms with Gasteiger partial charge in [0.15, 0.2) is 0 Å². The highest BCUT2D eigenvalue weighted by atomic mass is 35.5. The van der Waals surface area contributed by atoms with Crippen LogP contribution in [-0.4, -0.2) is 65.9 Å². The molecule has 1 aliphatic heterocycles. The monoisotopic (exact) mass is 383 g/mol. The summed E-state index contributed by atoms with van der Waals surface area (Å²) in [6, 6.07) is 5.64. The number of benzene rings is 1. The number of carbonyl (C=O) groups excluding carboxylic acids is 1. The lowest BCUT2D eigenvalue weighted by Gasteiger charge is -2.37. The van der Waals surface area contributed by atoms with Crippen LogP contribution in [0.1, 0.15) is 39.2 Å². The van der Waals surface area contributed by atoms with Crippen molar-refractivity contribution in [2.75, 3.05) is 33.2 Å². The van der Waals surface area contributed by atoms with Crippen molar-refractivity contribution < 1.29 is 9.18 Å². The molecule has 4 nitrogen and oxygen atoms in total. The molecule has 0 aromatic heterocycles. The van der Waals surface area contributed by atoms with Gasteiger partial charge in [-0.15, -0.1) is 0 Å². The molecule has 1 fully saturated rings. The van der Waals surface area contributed by atoms with Gasteiger partial charge in [0, 0.05) is 51.2 Å². The molecule has 6 heteroatoms. The Morgan fingerprint density at radius 3 is 2.50 bits per heavy atom. The number of hydrogen-bond acceptors (Lipinski definition) is 3. The van der Waals surface area contributed by atoms with Gasteiger partial charge in [0.1, 0.15) is 5.82 Å². The fourth-order valence-electron chi connectivity index (χ4n) is 3.29. The molecule has 146 valence electrons. The molecule has 0 unspecified atom stereocenters. The van der Waals surface area contributed by atoms with Gasteiger partial charge in [-0.2, -0.15) is 0 Å². The Hall–Kier alpha value is -1.17. The molecule has 1 aromatic rings. The molecule has 0 bridgehead atoms. The molecule has 0 spiro atoms. The zero-order valence-corrected chi connectivity index (χ0v) is 17.1. The quantitative estimate of drug-likeness (QED) is 0.719. The summed E-state index contributed by atoms with van der Waals surface area (Å²) in [5, 5.41) is 0.186. The van der Waals surface area contributed by atoms with Gasteiger partial charge in [0.25, 0.3) is 0 Å². The first-order valence-electron chi connectivity index (χ1n) is 9.44. The molecule has 26 heavy (non-hydrogen) atoms. The van der Waals surface area contributed by atoms with Crippen molar-refractivity contribution in [1.29, 1.82) is 0 Å². The van der Waals surface area contributed by atoms with E-state index in [9.17, 15) is 9.18 Å². The van der Waals surface area contributed by atoms with E-state index >= 15 is 0 Å². The second kappa shape index (κ2) is 9.67. The van der Waals surface area contributed by atoms with Crippen molar-refractivity contribution in [2.45, 2.75) is 52.2 Å². The minimum atomic E-state index is -0.388. The lowest BCUT2D eigenvalue weighted by atomic mass is 10.1. The zero-order valence-electron chi connectivity index (χ0n) is 16.3. The molecule has 2 rings (SSSR count). The first-order valence-corrected chi connectivity index (χ1v) is 9.82. The fraction of sp³-hybridized carbons (Fsp3) is 0.650. The van der Waals surface area contributed by atoms with E-state index in [1.54, 1.807) is 6.07 Å². The summed E-state index contributed by atoms with van der Waals surface area (Å²) < 4.78 is 13.6. The second-order valence-corrected chi connectivity index (χ2v) is 7.90. The number of hydrogen-bond donors (Lipinski definition) is 0. The summed E-state index contributed by atoms with van der Waals surface area (Å²) in [7, 11) is 1.98. The summed E-state index contributed by atoms with van der Waals surface area (Å²) in [4.78, 5) is 19.0. The van der Waals surface area contributed by atoms with E-state index in [4.69, 9.17) is 11.6 Å². The van der Waals surface area contributed by atoms with E-state index in [1.165, 1.54) is 6.07 Å². The van der Waals surface area contributed by atoms with Crippen molar-refractivity contribution in [3.8, 4) is 0 Å². The molecule has 1 heterocycles. The summed E-state index contributed by atoms with van der Waals surface area (Å²) in [6.07, 6.45) is 1.33. The highest BCUT2D eigenvalue weighted by Crippen LogP contribution is 2.22. The predicted octanol–water partition coefficient (Wildman–Crippen LogP) is 3.63. The maximum absolute atomic E-state index is 13.6. The Labute approximate surface area is 161 Å². The average molecular weight is 384 g/mol. The van der Waals surface area contributed by atoms with E-state index in [0.717, 1.165) is 38.2 Å². The number of halogens is 2. The van der Waals surface area contributed by atoms with Crippen LogP contribution in [0, 0.1) is 5.82 Å². The van der Waals surface area contributed by atoms with Gasteiger partial charge in [-0.25, -0.2) is 4.39 Å². The number of rotatable bonds is 7. The minimum absolute atomic E-state index is 0.186. The largest absolute Gasteiger partial charge is 0.340 e. The number of nitrogens with zero attached hydrogens (tertiary/aromatic N) is 3. The van der Waals surface area contributed by atoms with Gasteiger partial charge in [0.05, 0.1) is 5.02 Å². The molecule has 0 aliphatic carbocycles. The molecule has 0 N–H and O–H groups in total. The highest BCUT2D eigenvalue weighted by molar-refractivity contribution is 6.31. The average Bonchev–Trinajstić information content (AvgIpc) is 2.63. The normalized spacial score (nSPS) is 17.2. The molecular formula is C20H31ClFN3O. The molecule has 1 saturated heterocycles. The van der Waals surface area contributed by atoms with Crippen LogP contribution >= 0.6 is 11.6 Å². The van der Waals surface area contributed by atoms with Gasteiger partial charge in [-0.3, -0.25) is 14.6 Å². The van der Waals surface area contributed by atoms with Crippen LogP contribution in [0.5, 0.6) is 0 Å². The fourth-order valence-corrected chi connectivity index (χ4v) is 3.48. The summed E-state index contributed by atoms with van der Waals surface area (Å²) in [5.41, 5.74) is 0.775. The molecule has 1 aliphatic rings. The minimum Gasteiger partial charge on any atom is -0.340 e. The van der Waals surface area contributed by atoms with Gasteiger partial charge < -0.3 is 4.90 Å². The van der Waals surface area contributed by atoms with Crippen LogP contribution in [0.25, 0.3) is 0 Å².